The molecule has 1 heterocycles. The molecule has 134 valence electrons. The molecule has 0 N–H and O–H groups in total. The predicted molar refractivity (Wildman–Crippen MR) is 102 cm³/mol. The maximum absolute atomic E-state index is 11.5. The smallest absolute Gasteiger partial charge is 0.337 e. The van der Waals surface area contributed by atoms with Crippen molar-refractivity contribution in [1.29, 1.82) is 0 Å². The van der Waals surface area contributed by atoms with Gasteiger partial charge in [0.05, 0.1) is 32.2 Å². The maximum atomic E-state index is 11.5. The molecular weight excluding hydrogens is 396 g/mol. The number of rotatable bonds is 7. The zero-order chi connectivity index (χ0) is 18.4. The summed E-state index contributed by atoms with van der Waals surface area (Å²) in [4.78, 5) is 15.6. The first-order valence-corrected chi connectivity index (χ1v) is 8.95. The van der Waals surface area contributed by atoms with Crippen molar-refractivity contribution >= 4 is 21.9 Å². The molecule has 1 aromatic heterocycles. The third kappa shape index (κ3) is 4.59. The Labute approximate surface area is 160 Å². The lowest BCUT2D eigenvalue weighted by Gasteiger charge is -2.20. The lowest BCUT2D eigenvalue weighted by atomic mass is 10.1. The summed E-state index contributed by atoms with van der Waals surface area (Å²) in [6.07, 6.45) is 5.30. The highest BCUT2D eigenvalue weighted by Gasteiger charge is 2.16. The quantitative estimate of drug-likeness (QED) is 0.537. The number of hydrogen-bond acceptors (Lipinski definition) is 4. The van der Waals surface area contributed by atoms with Gasteiger partial charge in [-0.2, -0.15) is 0 Å². The normalized spacial score (nSPS) is 11.9. The molecule has 1 unspecified atom stereocenters. The molecule has 0 amide bonds. The Morgan fingerprint density at radius 3 is 2.62 bits per heavy atom. The highest BCUT2D eigenvalue weighted by Crippen LogP contribution is 2.28. The molecule has 0 saturated heterocycles. The molecule has 0 bridgehead atoms. The first-order chi connectivity index (χ1) is 12.7. The summed E-state index contributed by atoms with van der Waals surface area (Å²) in [5, 5.41) is 0. The number of carbonyl (C=O) groups is 1. The van der Waals surface area contributed by atoms with E-state index in [2.05, 4.69) is 20.9 Å². The van der Waals surface area contributed by atoms with Crippen molar-refractivity contribution < 1.29 is 14.3 Å². The van der Waals surface area contributed by atoms with Gasteiger partial charge in [-0.15, -0.1) is 0 Å². The van der Waals surface area contributed by atoms with Crippen molar-refractivity contribution in [3.63, 3.8) is 0 Å². The number of esters is 1. The Hall–Kier alpha value is -2.44. The van der Waals surface area contributed by atoms with Gasteiger partial charge in [-0.05, 0) is 29.3 Å². The van der Waals surface area contributed by atoms with Crippen LogP contribution in [0.2, 0.25) is 0 Å². The summed E-state index contributed by atoms with van der Waals surface area (Å²) in [6.45, 7) is 1.09. The number of methoxy groups -OCH3 is 1. The molecule has 3 rings (SSSR count). The number of imidazole rings is 1. The topological polar surface area (TPSA) is 53.4 Å². The minimum Gasteiger partial charge on any atom is -0.465 e. The van der Waals surface area contributed by atoms with Gasteiger partial charge >= 0.3 is 5.97 Å². The molecule has 0 aliphatic heterocycles. The second-order valence-electron chi connectivity index (χ2n) is 5.77. The van der Waals surface area contributed by atoms with Crippen molar-refractivity contribution in [1.82, 2.24) is 9.55 Å². The van der Waals surface area contributed by atoms with Gasteiger partial charge < -0.3 is 14.0 Å². The van der Waals surface area contributed by atoms with Crippen LogP contribution in [-0.4, -0.2) is 22.6 Å². The predicted octanol–water partition coefficient (Wildman–Crippen LogP) is 4.39. The van der Waals surface area contributed by atoms with Crippen LogP contribution in [0.25, 0.3) is 0 Å². The van der Waals surface area contributed by atoms with E-state index in [0.717, 1.165) is 15.6 Å². The van der Waals surface area contributed by atoms with Gasteiger partial charge in [-0.1, -0.05) is 46.3 Å². The van der Waals surface area contributed by atoms with E-state index in [1.807, 2.05) is 47.2 Å². The van der Waals surface area contributed by atoms with Gasteiger partial charge in [0.2, 0.25) is 0 Å². The fourth-order valence-electron chi connectivity index (χ4n) is 2.61. The minimum atomic E-state index is -0.344. The minimum absolute atomic E-state index is 0.139. The molecule has 0 fully saturated rings. The Balaban J connectivity index is 1.73. The molecule has 3 aromatic rings. The molecule has 1 atom stereocenters. The summed E-state index contributed by atoms with van der Waals surface area (Å²) >= 11 is 3.60. The second-order valence-corrected chi connectivity index (χ2v) is 6.62. The van der Waals surface area contributed by atoms with Crippen molar-refractivity contribution in [3.8, 4) is 0 Å². The number of nitrogens with zero attached hydrogens (tertiary/aromatic N) is 2. The Morgan fingerprint density at radius 2 is 1.96 bits per heavy atom. The van der Waals surface area contributed by atoms with Crippen molar-refractivity contribution in [2.45, 2.75) is 19.3 Å². The monoisotopic (exact) mass is 414 g/mol. The zero-order valence-corrected chi connectivity index (χ0v) is 15.9. The van der Waals surface area contributed by atoms with Crippen LogP contribution >= 0.6 is 15.9 Å². The van der Waals surface area contributed by atoms with Crippen LogP contribution in [0.15, 0.2) is 71.7 Å². The molecular formula is C20H19BrN2O3. The molecule has 26 heavy (non-hydrogen) atoms. The lowest BCUT2D eigenvalue weighted by Crippen LogP contribution is -2.12. The zero-order valence-electron chi connectivity index (χ0n) is 14.3. The summed E-state index contributed by atoms with van der Waals surface area (Å²) in [5.74, 6) is -0.344. The highest BCUT2D eigenvalue weighted by atomic mass is 79.9. The molecule has 6 heteroatoms. The fourth-order valence-corrected chi connectivity index (χ4v) is 3.16. The maximum Gasteiger partial charge on any atom is 0.337 e. The van der Waals surface area contributed by atoms with E-state index in [0.29, 0.717) is 18.7 Å². The third-order valence-electron chi connectivity index (χ3n) is 4.01. The van der Waals surface area contributed by atoms with Crippen LogP contribution in [0.5, 0.6) is 0 Å². The lowest BCUT2D eigenvalue weighted by molar-refractivity contribution is 0.0275. The van der Waals surface area contributed by atoms with Crippen LogP contribution in [-0.2, 0) is 22.6 Å². The van der Waals surface area contributed by atoms with Gasteiger partial charge in [-0.3, -0.25) is 0 Å². The van der Waals surface area contributed by atoms with Gasteiger partial charge in [0.15, 0.2) is 0 Å². The Kier molecular flexibility index (Phi) is 6.20. The van der Waals surface area contributed by atoms with Crippen molar-refractivity contribution in [2.24, 2.45) is 0 Å². The molecule has 0 aliphatic rings. The average molecular weight is 415 g/mol. The second kappa shape index (κ2) is 8.78. The van der Waals surface area contributed by atoms with Crippen LogP contribution in [0.4, 0.5) is 0 Å². The molecule has 0 radical (unpaired) electrons. The summed E-state index contributed by atoms with van der Waals surface area (Å²) in [6, 6.07) is 15.3. The van der Waals surface area contributed by atoms with E-state index in [1.165, 1.54) is 7.11 Å². The summed E-state index contributed by atoms with van der Waals surface area (Å²) < 4.78 is 13.9. The molecule has 2 aromatic carbocycles. The Bertz CT molecular complexity index is 848. The molecule has 5 nitrogen and oxygen atoms in total. The van der Waals surface area contributed by atoms with Gasteiger partial charge in [0.1, 0.15) is 6.10 Å². The van der Waals surface area contributed by atoms with Crippen LogP contribution < -0.4 is 0 Å². The molecule has 0 saturated carbocycles. The number of hydrogen-bond donors (Lipinski definition) is 0. The van der Waals surface area contributed by atoms with E-state index in [4.69, 9.17) is 9.47 Å². The van der Waals surface area contributed by atoms with E-state index in [9.17, 15) is 4.79 Å². The number of benzene rings is 2. The average Bonchev–Trinajstić information content (AvgIpc) is 3.18. The summed E-state index contributed by atoms with van der Waals surface area (Å²) in [7, 11) is 1.37. The first kappa shape index (κ1) is 18.4. The standard InChI is InChI=1S/C20H19BrN2O3/c1-25-20(24)16-8-6-15(7-9-16)13-26-19(12-23-11-10-22-14-23)17-4-2-3-5-18(17)21/h2-11,14,19H,12-13H2,1H3. The van der Waals surface area contributed by atoms with E-state index >= 15 is 0 Å². The van der Waals surface area contributed by atoms with Crippen LogP contribution in [0.1, 0.15) is 27.6 Å². The molecule has 0 aliphatic carbocycles. The number of halogens is 1. The van der Waals surface area contributed by atoms with E-state index in [-0.39, 0.29) is 12.1 Å². The van der Waals surface area contributed by atoms with Crippen molar-refractivity contribution in [2.75, 3.05) is 7.11 Å². The fraction of sp³-hybridized carbons (Fsp3) is 0.200. The summed E-state index contributed by atoms with van der Waals surface area (Å²) in [5.41, 5.74) is 2.59. The van der Waals surface area contributed by atoms with Crippen LogP contribution in [0.3, 0.4) is 0 Å². The van der Waals surface area contributed by atoms with E-state index in [1.54, 1.807) is 24.7 Å². The van der Waals surface area contributed by atoms with Crippen molar-refractivity contribution in [3.05, 3.63) is 88.4 Å². The van der Waals surface area contributed by atoms with Crippen LogP contribution in [0, 0.1) is 0 Å². The van der Waals surface area contributed by atoms with Gasteiger partial charge in [0.25, 0.3) is 0 Å². The van der Waals surface area contributed by atoms with Gasteiger partial charge in [0, 0.05) is 16.9 Å². The van der Waals surface area contributed by atoms with E-state index < -0.39 is 0 Å². The molecule has 0 spiro atoms. The number of aromatic nitrogens is 2. The largest absolute Gasteiger partial charge is 0.465 e. The third-order valence-corrected chi connectivity index (χ3v) is 4.74. The highest BCUT2D eigenvalue weighted by molar-refractivity contribution is 9.10. The van der Waals surface area contributed by atoms with Gasteiger partial charge in [-0.25, -0.2) is 9.78 Å². The number of carbonyl (C=O) groups excluding carboxylic acids is 1. The SMILES string of the molecule is COC(=O)c1ccc(COC(Cn2ccnc2)c2ccccc2Br)cc1. The Morgan fingerprint density at radius 1 is 1.19 bits per heavy atom. The number of ether oxygens (including phenoxy) is 2. The first-order valence-electron chi connectivity index (χ1n) is 8.16.